The first-order chi connectivity index (χ1) is 10.3. The molecule has 0 aliphatic heterocycles. The lowest BCUT2D eigenvalue weighted by Gasteiger charge is -2.23. The predicted octanol–water partition coefficient (Wildman–Crippen LogP) is 3.98. The average Bonchev–Trinajstić information content (AvgIpc) is 2.41. The van der Waals surface area contributed by atoms with Crippen molar-refractivity contribution in [2.45, 2.75) is 17.3 Å². The zero-order valence-corrected chi connectivity index (χ0v) is 14.8. The molecule has 0 amide bonds. The Balaban J connectivity index is 2.20. The third kappa shape index (κ3) is 4.49. The van der Waals surface area contributed by atoms with Crippen molar-refractivity contribution in [3.63, 3.8) is 0 Å². The molecule has 4 nitrogen and oxygen atoms in total. The molecule has 118 valence electrons. The normalized spacial score (nSPS) is 20.5. The first kappa shape index (κ1) is 17.3. The molecule has 0 fully saturated rings. The standard InChI is InChI=1S/C15H14BrCl2NO3/c1-21-13(20)7-9-5-11(17)14(12(18)6-9)22-10-3-2-4-15(16,19)8-10/h2-6H,7-8,19H2,1H3. The minimum Gasteiger partial charge on any atom is -0.469 e. The Morgan fingerprint density at radius 3 is 2.59 bits per heavy atom. The van der Waals surface area contributed by atoms with Crippen molar-refractivity contribution in [1.29, 1.82) is 0 Å². The fourth-order valence-electron chi connectivity index (χ4n) is 1.95. The fourth-order valence-corrected chi connectivity index (χ4v) is 2.99. The van der Waals surface area contributed by atoms with Crippen molar-refractivity contribution in [2.24, 2.45) is 5.73 Å². The lowest BCUT2D eigenvalue weighted by molar-refractivity contribution is -0.139. The molecule has 0 bridgehead atoms. The molecule has 1 aliphatic rings. The van der Waals surface area contributed by atoms with Crippen molar-refractivity contribution in [1.82, 2.24) is 0 Å². The summed E-state index contributed by atoms with van der Waals surface area (Å²) in [6, 6.07) is 3.26. The summed E-state index contributed by atoms with van der Waals surface area (Å²) in [5, 5.41) is 0.637. The van der Waals surface area contributed by atoms with Gasteiger partial charge in [-0.3, -0.25) is 4.79 Å². The van der Waals surface area contributed by atoms with Crippen LogP contribution in [0.15, 0.2) is 36.1 Å². The molecule has 1 unspecified atom stereocenters. The number of hydrogen-bond donors (Lipinski definition) is 1. The summed E-state index contributed by atoms with van der Waals surface area (Å²) in [6.45, 7) is 0. The van der Waals surface area contributed by atoms with E-state index in [0.29, 0.717) is 33.5 Å². The zero-order valence-electron chi connectivity index (χ0n) is 11.7. The first-order valence-corrected chi connectivity index (χ1v) is 7.94. The zero-order chi connectivity index (χ0) is 16.3. The highest BCUT2D eigenvalue weighted by atomic mass is 79.9. The number of nitrogens with two attached hydrogens (primary N) is 1. The summed E-state index contributed by atoms with van der Waals surface area (Å²) >= 11 is 15.8. The monoisotopic (exact) mass is 405 g/mol. The van der Waals surface area contributed by atoms with Crippen LogP contribution in [0.1, 0.15) is 12.0 Å². The largest absolute Gasteiger partial charge is 0.469 e. The van der Waals surface area contributed by atoms with E-state index in [9.17, 15) is 4.79 Å². The van der Waals surface area contributed by atoms with E-state index in [1.807, 2.05) is 6.08 Å². The van der Waals surface area contributed by atoms with E-state index in [0.717, 1.165) is 0 Å². The molecule has 0 radical (unpaired) electrons. The number of ether oxygens (including phenoxy) is 2. The van der Waals surface area contributed by atoms with Crippen LogP contribution in [0.5, 0.6) is 5.75 Å². The van der Waals surface area contributed by atoms with Gasteiger partial charge in [0.2, 0.25) is 0 Å². The molecule has 0 spiro atoms. The van der Waals surface area contributed by atoms with Gasteiger partial charge in [-0.1, -0.05) is 51.3 Å². The Kier molecular flexibility index (Phi) is 5.55. The Labute approximate surface area is 147 Å². The molecule has 1 aliphatic carbocycles. The summed E-state index contributed by atoms with van der Waals surface area (Å²) in [7, 11) is 1.32. The molecule has 1 aromatic carbocycles. The minimum atomic E-state index is -0.652. The van der Waals surface area contributed by atoms with E-state index in [2.05, 4.69) is 20.7 Å². The molecular formula is C15H14BrCl2NO3. The molecule has 0 aromatic heterocycles. The minimum absolute atomic E-state index is 0.0922. The number of carbonyl (C=O) groups excluding carboxylic acids is 1. The van der Waals surface area contributed by atoms with Crippen molar-refractivity contribution in [2.75, 3.05) is 7.11 Å². The lowest BCUT2D eigenvalue weighted by Crippen LogP contribution is -2.32. The summed E-state index contributed by atoms with van der Waals surface area (Å²) in [4.78, 5) is 11.3. The third-order valence-corrected chi connectivity index (χ3v) is 4.07. The van der Waals surface area contributed by atoms with Crippen LogP contribution in [0, 0.1) is 0 Å². The second-order valence-electron chi connectivity index (χ2n) is 4.84. The third-order valence-electron chi connectivity index (χ3n) is 2.97. The number of alkyl halides is 1. The van der Waals surface area contributed by atoms with E-state index < -0.39 is 4.45 Å². The van der Waals surface area contributed by atoms with Crippen LogP contribution in [-0.2, 0) is 16.0 Å². The first-order valence-electron chi connectivity index (χ1n) is 6.39. The molecule has 0 saturated heterocycles. The van der Waals surface area contributed by atoms with Gasteiger partial charge in [0.05, 0.1) is 28.0 Å². The van der Waals surface area contributed by atoms with Crippen LogP contribution in [0.2, 0.25) is 10.0 Å². The van der Waals surface area contributed by atoms with Gasteiger partial charge in [0, 0.05) is 6.42 Å². The highest BCUT2D eigenvalue weighted by Crippen LogP contribution is 2.37. The maximum absolute atomic E-state index is 11.3. The maximum Gasteiger partial charge on any atom is 0.309 e. The van der Waals surface area contributed by atoms with Gasteiger partial charge in [0.25, 0.3) is 0 Å². The summed E-state index contributed by atoms with van der Waals surface area (Å²) in [5.74, 6) is 0.598. The number of methoxy groups -OCH3 is 1. The van der Waals surface area contributed by atoms with E-state index in [-0.39, 0.29) is 12.4 Å². The predicted molar refractivity (Wildman–Crippen MR) is 90.5 cm³/mol. The van der Waals surface area contributed by atoms with Crippen molar-refractivity contribution < 1.29 is 14.3 Å². The van der Waals surface area contributed by atoms with E-state index in [4.69, 9.17) is 33.7 Å². The van der Waals surface area contributed by atoms with Crippen LogP contribution in [0.25, 0.3) is 0 Å². The summed E-state index contributed by atoms with van der Waals surface area (Å²) < 4.78 is 9.72. The number of rotatable bonds is 4. The van der Waals surface area contributed by atoms with Gasteiger partial charge in [-0.05, 0) is 23.8 Å². The van der Waals surface area contributed by atoms with Gasteiger partial charge in [-0.2, -0.15) is 0 Å². The molecule has 22 heavy (non-hydrogen) atoms. The van der Waals surface area contributed by atoms with Crippen molar-refractivity contribution >= 4 is 45.1 Å². The number of carbonyl (C=O) groups is 1. The molecule has 7 heteroatoms. The second-order valence-corrected chi connectivity index (χ2v) is 7.13. The Morgan fingerprint density at radius 2 is 2.05 bits per heavy atom. The summed E-state index contributed by atoms with van der Waals surface area (Å²) in [6.07, 6.45) is 5.96. The highest BCUT2D eigenvalue weighted by Gasteiger charge is 2.24. The molecule has 2 N–H and O–H groups in total. The molecule has 0 heterocycles. The summed E-state index contributed by atoms with van der Waals surface area (Å²) in [5.41, 5.74) is 6.64. The van der Waals surface area contributed by atoms with Crippen LogP contribution in [0.4, 0.5) is 0 Å². The molecule has 2 rings (SSSR count). The highest BCUT2D eigenvalue weighted by molar-refractivity contribution is 9.10. The van der Waals surface area contributed by atoms with Crippen molar-refractivity contribution in [3.05, 3.63) is 51.7 Å². The fraction of sp³-hybridized carbons (Fsp3) is 0.267. The molecule has 0 saturated carbocycles. The number of esters is 1. The molecule has 1 aromatic rings. The number of halogens is 3. The Hall–Kier alpha value is -1.01. The molecular weight excluding hydrogens is 393 g/mol. The quantitative estimate of drug-likeness (QED) is 0.466. The second kappa shape index (κ2) is 7.04. The lowest BCUT2D eigenvalue weighted by atomic mass is 10.1. The number of hydrogen-bond acceptors (Lipinski definition) is 4. The smallest absolute Gasteiger partial charge is 0.309 e. The maximum atomic E-state index is 11.3. The van der Waals surface area contributed by atoms with Crippen LogP contribution < -0.4 is 10.5 Å². The SMILES string of the molecule is COC(=O)Cc1cc(Cl)c(OC2=CC=CC(N)(Br)C2)c(Cl)c1. The van der Waals surface area contributed by atoms with E-state index in [1.54, 1.807) is 24.3 Å². The van der Waals surface area contributed by atoms with Gasteiger partial charge in [-0.25, -0.2) is 0 Å². The van der Waals surface area contributed by atoms with Gasteiger partial charge in [-0.15, -0.1) is 0 Å². The number of benzene rings is 1. The topological polar surface area (TPSA) is 61.5 Å². The van der Waals surface area contributed by atoms with Crippen molar-refractivity contribution in [3.8, 4) is 5.75 Å². The average molecular weight is 407 g/mol. The Morgan fingerprint density at radius 1 is 1.41 bits per heavy atom. The van der Waals surface area contributed by atoms with Gasteiger partial charge >= 0.3 is 5.97 Å². The van der Waals surface area contributed by atoms with Crippen LogP contribution >= 0.6 is 39.1 Å². The van der Waals surface area contributed by atoms with Crippen LogP contribution in [-0.4, -0.2) is 17.5 Å². The van der Waals surface area contributed by atoms with E-state index in [1.165, 1.54) is 7.11 Å². The van der Waals surface area contributed by atoms with Gasteiger partial charge < -0.3 is 15.2 Å². The van der Waals surface area contributed by atoms with Gasteiger partial charge in [0.15, 0.2) is 5.75 Å². The molecule has 1 atom stereocenters. The van der Waals surface area contributed by atoms with E-state index >= 15 is 0 Å². The number of allylic oxidation sites excluding steroid dienone is 2. The van der Waals surface area contributed by atoms with Gasteiger partial charge in [0.1, 0.15) is 5.76 Å². The van der Waals surface area contributed by atoms with Crippen LogP contribution in [0.3, 0.4) is 0 Å². The Bertz CT molecular complexity index is 633.